The molecule has 1 radical (unpaired) electrons. The van der Waals surface area contributed by atoms with Gasteiger partial charge in [0.05, 0.1) is 18.1 Å². The Morgan fingerprint density at radius 3 is 2.58 bits per heavy atom. The highest BCUT2D eigenvalue weighted by molar-refractivity contribution is 9.10. The number of rotatable bonds is 1. The first-order chi connectivity index (χ1) is 5.86. The number of aromatic nitrogens is 3. The monoisotopic (exact) mass is 222 g/mol. The lowest BCUT2D eigenvalue weighted by Crippen LogP contribution is -1.97. The molecule has 1 heterocycles. The zero-order valence-corrected chi connectivity index (χ0v) is 7.69. The summed E-state index contributed by atoms with van der Waals surface area (Å²) >= 11 is 3.33. The van der Waals surface area contributed by atoms with Crippen molar-refractivity contribution < 1.29 is 0 Å². The van der Waals surface area contributed by atoms with Gasteiger partial charge in [-0.3, -0.25) is 0 Å². The van der Waals surface area contributed by atoms with Crippen LogP contribution in [0.4, 0.5) is 0 Å². The quantitative estimate of drug-likeness (QED) is 0.738. The van der Waals surface area contributed by atoms with Gasteiger partial charge in [0.2, 0.25) is 0 Å². The van der Waals surface area contributed by atoms with Crippen molar-refractivity contribution in [3.05, 3.63) is 41.1 Å². The van der Waals surface area contributed by atoms with Gasteiger partial charge in [-0.25, -0.2) is 0 Å². The standard InChI is InChI=1S/C8H5BrN3/c9-7-1-3-8(4-2-7)12-10-5-6-11-12/h1-3,5-6H. The Morgan fingerprint density at radius 1 is 1.25 bits per heavy atom. The minimum atomic E-state index is 0.836. The molecule has 1 aromatic carbocycles. The van der Waals surface area contributed by atoms with Gasteiger partial charge >= 0.3 is 0 Å². The molecule has 4 heteroatoms. The Kier molecular flexibility index (Phi) is 1.91. The lowest BCUT2D eigenvalue weighted by atomic mass is 10.3. The summed E-state index contributed by atoms with van der Waals surface area (Å²) in [5.74, 6) is 0. The van der Waals surface area contributed by atoms with E-state index in [1.165, 1.54) is 4.80 Å². The third kappa shape index (κ3) is 1.38. The summed E-state index contributed by atoms with van der Waals surface area (Å²) in [6.07, 6.45) is 3.27. The summed E-state index contributed by atoms with van der Waals surface area (Å²) in [6, 6.07) is 8.68. The van der Waals surface area contributed by atoms with Gasteiger partial charge in [-0.05, 0) is 18.2 Å². The van der Waals surface area contributed by atoms with Crippen LogP contribution in [0.15, 0.2) is 35.1 Å². The summed E-state index contributed by atoms with van der Waals surface area (Å²) in [5.41, 5.74) is 0.836. The maximum atomic E-state index is 3.98. The second-order valence-electron chi connectivity index (χ2n) is 2.21. The average Bonchev–Trinajstić information content (AvgIpc) is 2.58. The lowest BCUT2D eigenvalue weighted by molar-refractivity contribution is 0.751. The van der Waals surface area contributed by atoms with Crippen LogP contribution >= 0.6 is 15.9 Å². The van der Waals surface area contributed by atoms with Crippen molar-refractivity contribution in [3.8, 4) is 5.69 Å². The molecule has 0 N–H and O–H groups in total. The minimum absolute atomic E-state index is 0.836. The minimum Gasteiger partial charge on any atom is -0.157 e. The van der Waals surface area contributed by atoms with Crippen LogP contribution < -0.4 is 0 Å². The molecule has 0 bridgehead atoms. The first-order valence-electron chi connectivity index (χ1n) is 3.40. The van der Waals surface area contributed by atoms with Crippen LogP contribution in [0.1, 0.15) is 0 Å². The van der Waals surface area contributed by atoms with E-state index in [1.54, 1.807) is 12.4 Å². The molecule has 3 nitrogen and oxygen atoms in total. The second kappa shape index (κ2) is 3.06. The molecule has 0 unspecified atom stereocenters. The van der Waals surface area contributed by atoms with E-state index in [0.29, 0.717) is 0 Å². The molecule has 0 saturated heterocycles. The van der Waals surface area contributed by atoms with Crippen LogP contribution in [0.2, 0.25) is 0 Å². The summed E-state index contributed by atoms with van der Waals surface area (Å²) in [6.45, 7) is 0. The van der Waals surface area contributed by atoms with Crippen LogP contribution in [0.5, 0.6) is 0 Å². The fraction of sp³-hybridized carbons (Fsp3) is 0. The molecule has 0 aliphatic heterocycles. The van der Waals surface area contributed by atoms with E-state index in [1.807, 2.05) is 18.2 Å². The van der Waals surface area contributed by atoms with Gasteiger partial charge in [0.25, 0.3) is 0 Å². The maximum Gasteiger partial charge on any atom is 0.0936 e. The van der Waals surface area contributed by atoms with E-state index in [0.717, 1.165) is 10.2 Å². The summed E-state index contributed by atoms with van der Waals surface area (Å²) < 4.78 is 0.999. The first kappa shape index (κ1) is 7.49. The number of hydrogen-bond acceptors (Lipinski definition) is 2. The molecule has 59 valence electrons. The Hall–Kier alpha value is -1.16. The van der Waals surface area contributed by atoms with Crippen LogP contribution in [0.25, 0.3) is 5.69 Å². The summed E-state index contributed by atoms with van der Waals surface area (Å²) in [5, 5.41) is 7.95. The fourth-order valence-electron chi connectivity index (χ4n) is 0.862. The molecule has 2 aromatic rings. The van der Waals surface area contributed by atoms with E-state index in [4.69, 9.17) is 0 Å². The maximum absolute atomic E-state index is 3.98. The SMILES string of the molecule is Brc1c[c]c(-n2nccn2)cc1. The van der Waals surface area contributed by atoms with Crippen molar-refractivity contribution in [1.82, 2.24) is 15.0 Å². The van der Waals surface area contributed by atoms with Gasteiger partial charge in [-0.15, -0.1) is 0 Å². The number of benzene rings is 1. The van der Waals surface area contributed by atoms with Gasteiger partial charge < -0.3 is 0 Å². The van der Waals surface area contributed by atoms with E-state index in [-0.39, 0.29) is 0 Å². The molecule has 1 aromatic heterocycles. The van der Waals surface area contributed by atoms with Crippen LogP contribution in [0.3, 0.4) is 0 Å². The van der Waals surface area contributed by atoms with Crippen LogP contribution in [-0.2, 0) is 0 Å². The van der Waals surface area contributed by atoms with Crippen LogP contribution in [0, 0.1) is 6.07 Å². The highest BCUT2D eigenvalue weighted by Crippen LogP contribution is 2.11. The second-order valence-corrected chi connectivity index (χ2v) is 3.13. The predicted octanol–water partition coefficient (Wildman–Crippen LogP) is 1.83. The molecule has 12 heavy (non-hydrogen) atoms. The molecule has 0 atom stereocenters. The van der Waals surface area contributed by atoms with Gasteiger partial charge in [-0.2, -0.15) is 15.0 Å². The molecule has 2 rings (SSSR count). The van der Waals surface area contributed by atoms with Crippen molar-refractivity contribution >= 4 is 15.9 Å². The Labute approximate surface area is 78.2 Å². The lowest BCUT2D eigenvalue weighted by Gasteiger charge is -1.96. The molecular formula is C8H5BrN3. The zero-order chi connectivity index (χ0) is 8.39. The van der Waals surface area contributed by atoms with E-state index in [9.17, 15) is 0 Å². The topological polar surface area (TPSA) is 30.7 Å². The Morgan fingerprint density at radius 2 is 2.00 bits per heavy atom. The largest absolute Gasteiger partial charge is 0.157 e. The van der Waals surface area contributed by atoms with Gasteiger partial charge in [0.15, 0.2) is 0 Å². The van der Waals surface area contributed by atoms with Crippen molar-refractivity contribution in [3.63, 3.8) is 0 Å². The van der Waals surface area contributed by atoms with E-state index in [2.05, 4.69) is 32.2 Å². The fourth-order valence-corrected chi connectivity index (χ4v) is 1.11. The van der Waals surface area contributed by atoms with Gasteiger partial charge in [0.1, 0.15) is 0 Å². The van der Waals surface area contributed by atoms with Crippen molar-refractivity contribution in [1.29, 1.82) is 0 Å². The first-order valence-corrected chi connectivity index (χ1v) is 4.19. The number of hydrogen-bond donors (Lipinski definition) is 0. The van der Waals surface area contributed by atoms with E-state index >= 15 is 0 Å². The highest BCUT2D eigenvalue weighted by Gasteiger charge is 1.95. The van der Waals surface area contributed by atoms with Gasteiger partial charge in [0, 0.05) is 10.5 Å². The molecule has 0 aliphatic rings. The number of nitrogens with zero attached hydrogens (tertiary/aromatic N) is 3. The number of halogens is 1. The molecule has 0 fully saturated rings. The molecule has 0 aliphatic carbocycles. The van der Waals surface area contributed by atoms with Crippen molar-refractivity contribution in [2.75, 3.05) is 0 Å². The third-order valence-electron chi connectivity index (χ3n) is 1.39. The van der Waals surface area contributed by atoms with Crippen LogP contribution in [-0.4, -0.2) is 15.0 Å². The normalized spacial score (nSPS) is 10.1. The Balaban J connectivity index is 2.43. The van der Waals surface area contributed by atoms with Crippen molar-refractivity contribution in [2.45, 2.75) is 0 Å². The molecule has 0 spiro atoms. The third-order valence-corrected chi connectivity index (χ3v) is 1.89. The molecule has 0 amide bonds. The van der Waals surface area contributed by atoms with Crippen molar-refractivity contribution in [2.24, 2.45) is 0 Å². The summed E-state index contributed by atoms with van der Waals surface area (Å²) in [4.78, 5) is 1.52. The Bertz CT molecular complexity index is 352. The molecule has 0 saturated carbocycles. The van der Waals surface area contributed by atoms with E-state index < -0.39 is 0 Å². The summed E-state index contributed by atoms with van der Waals surface area (Å²) in [7, 11) is 0. The highest BCUT2D eigenvalue weighted by atomic mass is 79.9. The smallest absolute Gasteiger partial charge is 0.0936 e. The predicted molar refractivity (Wildman–Crippen MR) is 47.9 cm³/mol. The zero-order valence-electron chi connectivity index (χ0n) is 6.11. The molecular weight excluding hydrogens is 218 g/mol. The van der Waals surface area contributed by atoms with Gasteiger partial charge in [-0.1, -0.05) is 15.9 Å². The average molecular weight is 223 g/mol.